The Kier molecular flexibility index (Phi) is 6.39. The summed E-state index contributed by atoms with van der Waals surface area (Å²) in [6, 6.07) is 4.60. The van der Waals surface area contributed by atoms with Gasteiger partial charge >= 0.3 is 0 Å². The highest BCUT2D eigenvalue weighted by Crippen LogP contribution is 2.27. The summed E-state index contributed by atoms with van der Waals surface area (Å²) in [7, 11) is 1.72. The number of likely N-dealkylation sites (tertiary alicyclic amines) is 1. The van der Waals surface area contributed by atoms with Gasteiger partial charge in [0.2, 0.25) is 0 Å². The van der Waals surface area contributed by atoms with E-state index in [1.54, 1.807) is 7.11 Å². The first kappa shape index (κ1) is 16.8. The van der Waals surface area contributed by atoms with E-state index in [-0.39, 0.29) is 6.10 Å². The molecule has 0 spiro atoms. The molecule has 2 fully saturated rings. The smallest absolute Gasteiger partial charge is 0.0746 e. The lowest BCUT2D eigenvalue weighted by Crippen LogP contribution is -2.41. The molecule has 0 N–H and O–H groups in total. The lowest BCUT2D eigenvalue weighted by molar-refractivity contribution is -0.00212. The van der Waals surface area contributed by atoms with Gasteiger partial charge in [-0.1, -0.05) is 6.07 Å². The zero-order valence-corrected chi connectivity index (χ0v) is 14.0. The molecule has 0 saturated carbocycles. The molecule has 5 nitrogen and oxygen atoms in total. The molecule has 0 unspecified atom stereocenters. The third-order valence-corrected chi connectivity index (χ3v) is 4.90. The van der Waals surface area contributed by atoms with Crippen molar-refractivity contribution in [3.05, 3.63) is 30.1 Å². The van der Waals surface area contributed by atoms with Gasteiger partial charge in [-0.05, 0) is 36.8 Å². The van der Waals surface area contributed by atoms with Crippen molar-refractivity contribution >= 4 is 0 Å². The van der Waals surface area contributed by atoms with Crippen molar-refractivity contribution in [2.75, 3.05) is 46.6 Å². The zero-order chi connectivity index (χ0) is 15.9. The molecular weight excluding hydrogens is 292 g/mol. The maximum absolute atomic E-state index is 6.10. The minimum Gasteiger partial charge on any atom is -0.382 e. The highest BCUT2D eigenvalue weighted by atomic mass is 16.5. The highest BCUT2D eigenvalue weighted by molar-refractivity contribution is 5.12. The lowest BCUT2D eigenvalue weighted by Gasteiger charge is -2.30. The minimum absolute atomic E-state index is 0.285. The van der Waals surface area contributed by atoms with Crippen LogP contribution in [0.4, 0.5) is 0 Å². The van der Waals surface area contributed by atoms with Gasteiger partial charge in [0.1, 0.15) is 0 Å². The summed E-state index contributed by atoms with van der Waals surface area (Å²) in [5, 5.41) is 0. The number of methoxy groups -OCH3 is 1. The Labute approximate surface area is 138 Å². The van der Waals surface area contributed by atoms with Crippen molar-refractivity contribution in [2.24, 2.45) is 5.92 Å². The summed E-state index contributed by atoms with van der Waals surface area (Å²) in [4.78, 5) is 6.86. The van der Waals surface area contributed by atoms with Crippen LogP contribution >= 0.6 is 0 Å². The predicted molar refractivity (Wildman–Crippen MR) is 88.5 cm³/mol. The molecule has 0 amide bonds. The zero-order valence-electron chi connectivity index (χ0n) is 14.0. The Morgan fingerprint density at radius 3 is 3.04 bits per heavy atom. The van der Waals surface area contributed by atoms with E-state index in [1.165, 1.54) is 12.0 Å². The van der Waals surface area contributed by atoms with Crippen LogP contribution in [0.5, 0.6) is 0 Å². The largest absolute Gasteiger partial charge is 0.382 e. The van der Waals surface area contributed by atoms with Crippen LogP contribution in [0.15, 0.2) is 24.5 Å². The molecule has 128 valence electrons. The van der Waals surface area contributed by atoms with Gasteiger partial charge in [-0.25, -0.2) is 0 Å². The van der Waals surface area contributed by atoms with Crippen LogP contribution in [0.25, 0.3) is 0 Å². The van der Waals surface area contributed by atoms with Gasteiger partial charge in [0.05, 0.1) is 25.9 Å². The Morgan fingerprint density at radius 1 is 1.35 bits per heavy atom. The first-order chi connectivity index (χ1) is 11.4. The monoisotopic (exact) mass is 320 g/mol. The molecule has 0 aromatic carbocycles. The van der Waals surface area contributed by atoms with E-state index in [0.717, 1.165) is 39.1 Å². The third-order valence-electron chi connectivity index (χ3n) is 4.90. The number of pyridine rings is 1. The summed E-state index contributed by atoms with van der Waals surface area (Å²) in [5.74, 6) is 0.670. The number of nitrogens with zero attached hydrogens (tertiary/aromatic N) is 2. The van der Waals surface area contributed by atoms with Gasteiger partial charge in [0, 0.05) is 45.2 Å². The molecule has 3 rings (SSSR count). The fourth-order valence-corrected chi connectivity index (χ4v) is 3.67. The van der Waals surface area contributed by atoms with Gasteiger partial charge in [-0.15, -0.1) is 0 Å². The minimum atomic E-state index is 0.285. The number of aromatic nitrogens is 1. The second kappa shape index (κ2) is 8.73. The molecule has 1 aromatic heterocycles. The second-order valence-electron chi connectivity index (χ2n) is 6.55. The Bertz CT molecular complexity index is 451. The van der Waals surface area contributed by atoms with Crippen molar-refractivity contribution < 1.29 is 14.2 Å². The summed E-state index contributed by atoms with van der Waals surface area (Å²) in [5.41, 5.74) is 1.28. The van der Waals surface area contributed by atoms with Crippen molar-refractivity contribution in [3.8, 4) is 0 Å². The topological polar surface area (TPSA) is 43.8 Å². The van der Waals surface area contributed by atoms with Crippen LogP contribution < -0.4 is 0 Å². The molecule has 0 bridgehead atoms. The average Bonchev–Trinajstić information content (AvgIpc) is 3.21. The van der Waals surface area contributed by atoms with Crippen LogP contribution in [-0.2, 0) is 20.6 Å². The molecule has 23 heavy (non-hydrogen) atoms. The van der Waals surface area contributed by atoms with Gasteiger partial charge in [0.15, 0.2) is 0 Å². The first-order valence-corrected chi connectivity index (χ1v) is 8.68. The Balaban J connectivity index is 1.62. The molecule has 2 aliphatic rings. The average molecular weight is 320 g/mol. The molecule has 2 aliphatic heterocycles. The van der Waals surface area contributed by atoms with Crippen LogP contribution in [0.2, 0.25) is 0 Å². The van der Waals surface area contributed by atoms with E-state index in [4.69, 9.17) is 14.2 Å². The second-order valence-corrected chi connectivity index (χ2v) is 6.55. The molecule has 1 aromatic rings. The molecule has 3 heterocycles. The van der Waals surface area contributed by atoms with Crippen LogP contribution in [-0.4, -0.2) is 68.7 Å². The van der Waals surface area contributed by atoms with E-state index >= 15 is 0 Å². The lowest BCUT2D eigenvalue weighted by atomic mass is 10.0. The SMILES string of the molecule is COCCO[C@H]1CCN(C[C@H]2CCOC2)[C@H]1Cc1cccnc1. The first-order valence-electron chi connectivity index (χ1n) is 8.68. The van der Waals surface area contributed by atoms with E-state index in [2.05, 4.69) is 16.0 Å². The van der Waals surface area contributed by atoms with Crippen LogP contribution in [0, 0.1) is 5.92 Å². The number of ether oxygens (including phenoxy) is 3. The molecule has 0 radical (unpaired) electrons. The van der Waals surface area contributed by atoms with E-state index < -0.39 is 0 Å². The quantitative estimate of drug-likeness (QED) is 0.683. The number of hydrogen-bond acceptors (Lipinski definition) is 5. The van der Waals surface area contributed by atoms with Crippen molar-refractivity contribution in [3.63, 3.8) is 0 Å². The standard InChI is InChI=1S/C18H28N2O3/c1-21-9-10-23-18-4-7-20(13-16-5-8-22-14-16)17(18)11-15-3-2-6-19-12-15/h2-3,6,12,16-18H,4-5,7-11,13-14H2,1H3/t16-,17+,18+/m1/s1. The maximum atomic E-state index is 6.10. The van der Waals surface area contributed by atoms with Crippen molar-refractivity contribution in [1.82, 2.24) is 9.88 Å². The van der Waals surface area contributed by atoms with E-state index in [0.29, 0.717) is 25.2 Å². The van der Waals surface area contributed by atoms with Gasteiger partial charge < -0.3 is 14.2 Å². The molecule has 5 heteroatoms. The summed E-state index contributed by atoms with van der Waals surface area (Å²) >= 11 is 0. The fourth-order valence-electron chi connectivity index (χ4n) is 3.67. The third kappa shape index (κ3) is 4.73. The van der Waals surface area contributed by atoms with E-state index in [1.807, 2.05) is 18.5 Å². The van der Waals surface area contributed by atoms with Gasteiger partial charge in [-0.3, -0.25) is 9.88 Å². The summed E-state index contributed by atoms with van der Waals surface area (Å²) < 4.78 is 16.8. The Morgan fingerprint density at radius 2 is 2.30 bits per heavy atom. The fraction of sp³-hybridized carbons (Fsp3) is 0.722. The maximum Gasteiger partial charge on any atom is 0.0746 e. The van der Waals surface area contributed by atoms with Gasteiger partial charge in [-0.2, -0.15) is 0 Å². The molecule has 3 atom stereocenters. The molecule has 2 saturated heterocycles. The molecule has 0 aliphatic carbocycles. The van der Waals surface area contributed by atoms with E-state index in [9.17, 15) is 0 Å². The molecular formula is C18H28N2O3. The highest BCUT2D eigenvalue weighted by Gasteiger charge is 2.36. The normalized spacial score (nSPS) is 28.5. The summed E-state index contributed by atoms with van der Waals surface area (Å²) in [6.45, 7) is 5.39. The van der Waals surface area contributed by atoms with Crippen LogP contribution in [0.1, 0.15) is 18.4 Å². The summed E-state index contributed by atoms with van der Waals surface area (Å²) in [6.07, 6.45) is 7.37. The number of rotatable bonds is 8. The van der Waals surface area contributed by atoms with Crippen molar-refractivity contribution in [2.45, 2.75) is 31.4 Å². The van der Waals surface area contributed by atoms with Crippen LogP contribution in [0.3, 0.4) is 0 Å². The number of hydrogen-bond donors (Lipinski definition) is 0. The van der Waals surface area contributed by atoms with Gasteiger partial charge in [0.25, 0.3) is 0 Å². The van der Waals surface area contributed by atoms with Crippen molar-refractivity contribution in [1.29, 1.82) is 0 Å². The predicted octanol–water partition coefficient (Wildman–Crippen LogP) is 1.77. The Hall–Kier alpha value is -1.01.